The zero-order valence-electron chi connectivity index (χ0n) is 7.44. The monoisotopic (exact) mass is 204 g/mol. The van der Waals surface area contributed by atoms with E-state index in [4.69, 9.17) is 11.6 Å². The third-order valence-corrected chi connectivity index (χ3v) is 2.07. The predicted molar refractivity (Wildman–Crippen MR) is 59.0 cm³/mol. The van der Waals surface area contributed by atoms with Crippen LogP contribution in [0.4, 0.5) is 11.4 Å². The molecule has 1 aromatic heterocycles. The molecule has 0 atom stereocenters. The summed E-state index contributed by atoms with van der Waals surface area (Å²) in [6, 6.07) is 11.4. The summed E-state index contributed by atoms with van der Waals surface area (Å²) in [6.45, 7) is 0. The molecule has 2 rings (SSSR count). The molecule has 0 amide bonds. The van der Waals surface area contributed by atoms with Crippen LogP contribution < -0.4 is 5.32 Å². The fourth-order valence-electron chi connectivity index (χ4n) is 1.14. The number of anilines is 2. The second kappa shape index (κ2) is 4.11. The lowest BCUT2D eigenvalue weighted by molar-refractivity contribution is 1.32. The summed E-state index contributed by atoms with van der Waals surface area (Å²) in [5.41, 5.74) is 2.03. The van der Waals surface area contributed by atoms with E-state index in [-0.39, 0.29) is 0 Å². The molecule has 3 heteroatoms. The van der Waals surface area contributed by atoms with E-state index in [0.717, 1.165) is 16.4 Å². The minimum absolute atomic E-state index is 0.741. The molecule has 0 aliphatic carbocycles. The number of aromatic nitrogens is 1. The first-order valence-corrected chi connectivity index (χ1v) is 4.65. The van der Waals surface area contributed by atoms with Crippen LogP contribution in [-0.4, -0.2) is 4.98 Å². The SMILES string of the molecule is Clc1ccc(Nc2ccncc2)cc1. The predicted octanol–water partition coefficient (Wildman–Crippen LogP) is 3.48. The number of hydrogen-bond acceptors (Lipinski definition) is 2. The van der Waals surface area contributed by atoms with E-state index in [2.05, 4.69) is 10.3 Å². The van der Waals surface area contributed by atoms with Crippen molar-refractivity contribution in [3.05, 3.63) is 53.8 Å². The van der Waals surface area contributed by atoms with Crippen LogP contribution in [-0.2, 0) is 0 Å². The largest absolute Gasteiger partial charge is 0.355 e. The van der Waals surface area contributed by atoms with Crippen LogP contribution in [0.3, 0.4) is 0 Å². The molecule has 0 fully saturated rings. The fraction of sp³-hybridized carbons (Fsp3) is 0. The second-order valence-corrected chi connectivity index (χ2v) is 3.30. The van der Waals surface area contributed by atoms with Gasteiger partial charge in [0.1, 0.15) is 0 Å². The molecule has 0 unspecified atom stereocenters. The standard InChI is InChI=1S/C11H9ClN2/c12-9-1-3-10(4-2-9)14-11-5-7-13-8-6-11/h1-8H,(H,13,14). The number of pyridine rings is 1. The molecule has 1 N–H and O–H groups in total. The van der Waals surface area contributed by atoms with E-state index in [1.54, 1.807) is 12.4 Å². The van der Waals surface area contributed by atoms with Gasteiger partial charge in [0.05, 0.1) is 0 Å². The molecule has 0 bridgehead atoms. The van der Waals surface area contributed by atoms with Crippen LogP contribution in [0.25, 0.3) is 0 Å². The van der Waals surface area contributed by atoms with Gasteiger partial charge in [0.25, 0.3) is 0 Å². The van der Waals surface area contributed by atoms with Gasteiger partial charge < -0.3 is 5.32 Å². The number of nitrogens with one attached hydrogen (secondary N) is 1. The van der Waals surface area contributed by atoms with Crippen LogP contribution in [0, 0.1) is 0 Å². The summed E-state index contributed by atoms with van der Waals surface area (Å²) in [5, 5.41) is 3.97. The van der Waals surface area contributed by atoms with Crippen molar-refractivity contribution in [2.24, 2.45) is 0 Å². The van der Waals surface area contributed by atoms with Crippen molar-refractivity contribution in [3.8, 4) is 0 Å². The average molecular weight is 205 g/mol. The van der Waals surface area contributed by atoms with Gasteiger partial charge >= 0.3 is 0 Å². The van der Waals surface area contributed by atoms with Crippen molar-refractivity contribution in [2.75, 3.05) is 5.32 Å². The van der Waals surface area contributed by atoms with Gasteiger partial charge in [-0.15, -0.1) is 0 Å². The fourth-order valence-corrected chi connectivity index (χ4v) is 1.26. The van der Waals surface area contributed by atoms with E-state index in [1.807, 2.05) is 36.4 Å². The number of halogens is 1. The Morgan fingerprint density at radius 1 is 0.857 bits per heavy atom. The van der Waals surface area contributed by atoms with E-state index in [1.165, 1.54) is 0 Å². The van der Waals surface area contributed by atoms with Gasteiger partial charge in [-0.3, -0.25) is 4.98 Å². The Morgan fingerprint density at radius 3 is 2.07 bits per heavy atom. The van der Waals surface area contributed by atoms with Gasteiger partial charge in [0.15, 0.2) is 0 Å². The van der Waals surface area contributed by atoms with E-state index >= 15 is 0 Å². The maximum absolute atomic E-state index is 5.78. The Morgan fingerprint density at radius 2 is 1.43 bits per heavy atom. The van der Waals surface area contributed by atoms with Crippen molar-refractivity contribution in [2.45, 2.75) is 0 Å². The Balaban J connectivity index is 2.16. The lowest BCUT2D eigenvalue weighted by atomic mass is 10.3. The molecule has 1 aromatic carbocycles. The Labute approximate surface area is 87.6 Å². The summed E-state index contributed by atoms with van der Waals surface area (Å²) in [5.74, 6) is 0. The van der Waals surface area contributed by atoms with Crippen molar-refractivity contribution in [1.29, 1.82) is 0 Å². The minimum atomic E-state index is 0.741. The summed E-state index contributed by atoms with van der Waals surface area (Å²) < 4.78 is 0. The molecule has 70 valence electrons. The van der Waals surface area contributed by atoms with Gasteiger partial charge in [0, 0.05) is 28.8 Å². The molecule has 0 aliphatic heterocycles. The van der Waals surface area contributed by atoms with Gasteiger partial charge in [-0.25, -0.2) is 0 Å². The van der Waals surface area contributed by atoms with Crippen LogP contribution in [0.1, 0.15) is 0 Å². The van der Waals surface area contributed by atoms with Gasteiger partial charge in [-0.1, -0.05) is 11.6 Å². The molecule has 2 aromatic rings. The highest BCUT2D eigenvalue weighted by Crippen LogP contribution is 2.17. The first kappa shape index (κ1) is 9.03. The van der Waals surface area contributed by atoms with Crippen LogP contribution in [0.2, 0.25) is 5.02 Å². The van der Waals surface area contributed by atoms with Crippen molar-refractivity contribution >= 4 is 23.0 Å². The number of benzene rings is 1. The van der Waals surface area contributed by atoms with Crippen LogP contribution in [0.5, 0.6) is 0 Å². The highest BCUT2D eigenvalue weighted by Gasteiger charge is 1.93. The molecular formula is C11H9ClN2. The lowest BCUT2D eigenvalue weighted by Gasteiger charge is -2.04. The molecule has 0 spiro atoms. The number of hydrogen-bond donors (Lipinski definition) is 1. The molecule has 2 nitrogen and oxygen atoms in total. The third kappa shape index (κ3) is 2.24. The van der Waals surface area contributed by atoms with Crippen LogP contribution in [0.15, 0.2) is 48.8 Å². The molecule has 14 heavy (non-hydrogen) atoms. The minimum Gasteiger partial charge on any atom is -0.355 e. The summed E-state index contributed by atoms with van der Waals surface area (Å²) in [6.07, 6.45) is 3.50. The first-order valence-electron chi connectivity index (χ1n) is 4.27. The molecular weight excluding hydrogens is 196 g/mol. The average Bonchev–Trinajstić information content (AvgIpc) is 2.23. The Hall–Kier alpha value is -1.54. The summed E-state index contributed by atoms with van der Waals surface area (Å²) in [4.78, 5) is 3.94. The summed E-state index contributed by atoms with van der Waals surface area (Å²) >= 11 is 5.78. The lowest BCUT2D eigenvalue weighted by Crippen LogP contribution is -1.89. The third-order valence-electron chi connectivity index (χ3n) is 1.81. The van der Waals surface area contributed by atoms with E-state index < -0.39 is 0 Å². The van der Waals surface area contributed by atoms with Gasteiger partial charge in [0.2, 0.25) is 0 Å². The maximum atomic E-state index is 5.78. The molecule has 0 radical (unpaired) electrons. The quantitative estimate of drug-likeness (QED) is 0.810. The zero-order chi connectivity index (χ0) is 9.80. The van der Waals surface area contributed by atoms with Crippen LogP contribution >= 0.6 is 11.6 Å². The Bertz CT molecular complexity index is 397. The van der Waals surface area contributed by atoms with E-state index in [0.29, 0.717) is 0 Å². The molecule has 0 saturated carbocycles. The normalized spacial score (nSPS) is 9.79. The zero-order valence-corrected chi connectivity index (χ0v) is 8.20. The molecule has 0 saturated heterocycles. The Kier molecular flexibility index (Phi) is 2.65. The summed E-state index contributed by atoms with van der Waals surface area (Å²) in [7, 11) is 0. The topological polar surface area (TPSA) is 24.9 Å². The smallest absolute Gasteiger partial charge is 0.0415 e. The van der Waals surface area contributed by atoms with Gasteiger partial charge in [-0.2, -0.15) is 0 Å². The van der Waals surface area contributed by atoms with Crippen molar-refractivity contribution in [1.82, 2.24) is 4.98 Å². The number of rotatable bonds is 2. The second-order valence-electron chi connectivity index (χ2n) is 2.87. The number of nitrogens with zero attached hydrogens (tertiary/aromatic N) is 1. The van der Waals surface area contributed by atoms with Crippen molar-refractivity contribution in [3.63, 3.8) is 0 Å². The van der Waals surface area contributed by atoms with Crippen molar-refractivity contribution < 1.29 is 0 Å². The molecule has 0 aliphatic rings. The van der Waals surface area contributed by atoms with E-state index in [9.17, 15) is 0 Å². The molecule has 1 heterocycles. The first-order chi connectivity index (χ1) is 6.84. The highest BCUT2D eigenvalue weighted by molar-refractivity contribution is 6.30. The van der Waals surface area contributed by atoms with Gasteiger partial charge in [-0.05, 0) is 36.4 Å². The maximum Gasteiger partial charge on any atom is 0.0415 e. The highest BCUT2D eigenvalue weighted by atomic mass is 35.5.